The Bertz CT molecular complexity index is 1740. The minimum atomic E-state index is -4.10. The molecule has 7 rings (SSSR count). The highest BCUT2D eigenvalue weighted by Gasteiger charge is 2.67. The first-order chi connectivity index (χ1) is 22.8. The summed E-state index contributed by atoms with van der Waals surface area (Å²) in [5.74, 6) is 1.10. The topological polar surface area (TPSA) is 160 Å². The summed E-state index contributed by atoms with van der Waals surface area (Å²) in [6, 6.07) is 8.64. The summed E-state index contributed by atoms with van der Waals surface area (Å²) in [6.07, 6.45) is 8.81. The highest BCUT2D eigenvalue weighted by Crippen LogP contribution is 2.70. The third-order valence-electron chi connectivity index (χ3n) is 13.4. The molecular formula is C35H45N3O9S. The van der Waals surface area contributed by atoms with Gasteiger partial charge < -0.3 is 19.2 Å². The number of piperazine rings is 1. The lowest BCUT2D eigenvalue weighted by Gasteiger charge is -2.63. The van der Waals surface area contributed by atoms with Crippen LogP contribution in [0.2, 0.25) is 0 Å². The van der Waals surface area contributed by atoms with Crippen LogP contribution in [0.15, 0.2) is 56.8 Å². The monoisotopic (exact) mass is 683 g/mol. The van der Waals surface area contributed by atoms with Gasteiger partial charge in [-0.15, -0.1) is 0 Å². The van der Waals surface area contributed by atoms with E-state index in [1.54, 1.807) is 6.26 Å². The summed E-state index contributed by atoms with van der Waals surface area (Å²) in [5.41, 5.74) is -0.860. The summed E-state index contributed by atoms with van der Waals surface area (Å²) in [6.45, 7) is 4.96. The van der Waals surface area contributed by atoms with Crippen molar-refractivity contribution in [1.29, 1.82) is 0 Å². The highest BCUT2D eigenvalue weighted by molar-refractivity contribution is 7.89. The molecule has 1 aliphatic heterocycles. The fourth-order valence-electron chi connectivity index (χ4n) is 10.7. The number of hydrogen-bond donors (Lipinski definition) is 1. The molecule has 0 spiro atoms. The number of hydrogen-bond acceptors (Lipinski definition) is 9. The van der Waals surface area contributed by atoms with E-state index >= 15 is 0 Å². The standard InChI is InChI=1S/C35H45N3O9S/c1-33-14-11-25(47-32(40)36-17-19-37(20-18-36)48(44,45)30-6-4-3-5-29(30)38(42)43)21-24(33)8-9-28-27(33)12-15-34(2)26(13-16-35(28,34)41)23-7-10-31(39)46-22-23/h3-7,10,22,24-28,41H,8-9,11-21H2,1-2H3/t24-,25+,26-,27+,28-,33+,34-,35+/m1/s1. The van der Waals surface area contributed by atoms with Gasteiger partial charge in [-0.05, 0) is 105 Å². The molecule has 4 saturated carbocycles. The van der Waals surface area contributed by atoms with Crippen molar-refractivity contribution in [2.24, 2.45) is 28.6 Å². The Hall–Kier alpha value is -3.29. The molecule has 5 fully saturated rings. The van der Waals surface area contributed by atoms with Crippen LogP contribution >= 0.6 is 0 Å². The Kier molecular flexibility index (Phi) is 8.26. The van der Waals surface area contributed by atoms with Crippen LogP contribution in [-0.4, -0.2) is 71.6 Å². The predicted octanol–water partition coefficient (Wildman–Crippen LogP) is 5.30. The van der Waals surface area contributed by atoms with Gasteiger partial charge in [-0.2, -0.15) is 4.31 Å². The molecule has 0 unspecified atom stereocenters. The van der Waals surface area contributed by atoms with Crippen LogP contribution in [0, 0.1) is 38.7 Å². The van der Waals surface area contributed by atoms with Gasteiger partial charge in [0.15, 0.2) is 4.90 Å². The van der Waals surface area contributed by atoms with Crippen molar-refractivity contribution >= 4 is 21.8 Å². The number of fused-ring (bicyclic) bond motifs is 5. The number of rotatable bonds is 5. The van der Waals surface area contributed by atoms with Crippen LogP contribution < -0.4 is 5.63 Å². The molecule has 13 heteroatoms. The Labute approximate surface area is 280 Å². The molecule has 1 N–H and O–H groups in total. The number of nitrogens with zero attached hydrogens (tertiary/aromatic N) is 3. The average Bonchev–Trinajstić information content (AvgIpc) is 3.36. The lowest BCUT2D eigenvalue weighted by atomic mass is 9.43. The third kappa shape index (κ3) is 5.19. The lowest BCUT2D eigenvalue weighted by Crippen LogP contribution is -2.62. The minimum Gasteiger partial charge on any atom is -0.446 e. The Balaban J connectivity index is 0.969. The molecule has 5 aliphatic rings. The van der Waals surface area contributed by atoms with Gasteiger partial charge in [0.2, 0.25) is 10.0 Å². The molecule has 2 heterocycles. The van der Waals surface area contributed by atoms with Crippen molar-refractivity contribution in [3.8, 4) is 0 Å². The second-order valence-corrected chi connectivity index (χ2v) is 17.2. The lowest BCUT2D eigenvalue weighted by molar-refractivity contribution is -0.387. The number of amides is 1. The van der Waals surface area contributed by atoms with E-state index in [2.05, 4.69) is 13.8 Å². The number of para-hydroxylation sites is 1. The average molecular weight is 684 g/mol. The van der Waals surface area contributed by atoms with E-state index in [-0.39, 0.29) is 65.5 Å². The van der Waals surface area contributed by atoms with Crippen LogP contribution in [0.25, 0.3) is 0 Å². The zero-order valence-corrected chi connectivity index (χ0v) is 28.4. The van der Waals surface area contributed by atoms with Crippen molar-refractivity contribution in [3.63, 3.8) is 0 Å². The van der Waals surface area contributed by atoms with E-state index in [9.17, 15) is 33.2 Å². The molecule has 1 amide bonds. The van der Waals surface area contributed by atoms with Gasteiger partial charge in [-0.3, -0.25) is 10.1 Å². The molecule has 8 atom stereocenters. The van der Waals surface area contributed by atoms with Gasteiger partial charge in [-0.25, -0.2) is 18.0 Å². The van der Waals surface area contributed by atoms with E-state index in [1.807, 2.05) is 6.07 Å². The van der Waals surface area contributed by atoms with Crippen LogP contribution in [0.5, 0.6) is 0 Å². The molecule has 4 aliphatic carbocycles. The van der Waals surface area contributed by atoms with E-state index in [1.165, 1.54) is 39.5 Å². The maximum atomic E-state index is 13.3. The predicted molar refractivity (Wildman–Crippen MR) is 175 cm³/mol. The van der Waals surface area contributed by atoms with Crippen LogP contribution in [0.4, 0.5) is 10.5 Å². The Morgan fingerprint density at radius 1 is 0.979 bits per heavy atom. The Morgan fingerprint density at radius 3 is 2.44 bits per heavy atom. The maximum Gasteiger partial charge on any atom is 0.410 e. The second-order valence-electron chi connectivity index (χ2n) is 15.2. The SMILES string of the molecule is C[C@]12CC[C@H](OC(=O)N3CCN(S(=O)(=O)c4ccccc4[N+](=O)[O-])CC3)C[C@H]1CC[C@@H]1[C@@H]2CC[C@]2(C)[C@@H](c3ccc(=O)oc3)CC[C@]12O. The number of ether oxygens (including phenoxy) is 1. The van der Waals surface area contributed by atoms with Crippen molar-refractivity contribution in [1.82, 2.24) is 9.21 Å². The molecule has 1 aromatic carbocycles. The number of benzene rings is 1. The highest BCUT2D eigenvalue weighted by atomic mass is 32.2. The number of nitro benzene ring substituents is 1. The number of sulfonamides is 1. The molecule has 1 saturated heterocycles. The third-order valence-corrected chi connectivity index (χ3v) is 15.3. The number of nitro groups is 1. The summed E-state index contributed by atoms with van der Waals surface area (Å²) < 4.78 is 38.9. The van der Waals surface area contributed by atoms with Crippen molar-refractivity contribution < 1.29 is 32.4 Å². The Morgan fingerprint density at radius 2 is 1.73 bits per heavy atom. The molecule has 0 radical (unpaired) electrons. The van der Waals surface area contributed by atoms with E-state index in [4.69, 9.17) is 9.15 Å². The molecule has 2 aromatic rings. The molecular weight excluding hydrogens is 638 g/mol. The molecule has 1 aromatic heterocycles. The largest absolute Gasteiger partial charge is 0.446 e. The molecule has 48 heavy (non-hydrogen) atoms. The fourth-order valence-corrected chi connectivity index (χ4v) is 12.3. The zero-order chi connectivity index (χ0) is 34.1. The van der Waals surface area contributed by atoms with Crippen molar-refractivity contribution in [2.45, 2.75) is 94.2 Å². The number of carbonyl (C=O) groups is 1. The van der Waals surface area contributed by atoms with E-state index in [0.29, 0.717) is 11.8 Å². The second kappa shape index (κ2) is 11.9. The smallest absolute Gasteiger partial charge is 0.410 e. The maximum absolute atomic E-state index is 13.3. The van der Waals surface area contributed by atoms with Crippen LogP contribution in [0.3, 0.4) is 0 Å². The first kappa shape index (κ1) is 33.2. The van der Waals surface area contributed by atoms with Gasteiger partial charge in [0.1, 0.15) is 6.10 Å². The quantitative estimate of drug-likeness (QED) is 0.326. The van der Waals surface area contributed by atoms with Gasteiger partial charge in [0, 0.05) is 43.7 Å². The van der Waals surface area contributed by atoms with Gasteiger partial charge >= 0.3 is 11.7 Å². The van der Waals surface area contributed by atoms with E-state index < -0.39 is 32.3 Å². The van der Waals surface area contributed by atoms with Gasteiger partial charge in [0.05, 0.1) is 16.8 Å². The first-order valence-electron chi connectivity index (χ1n) is 17.3. The molecule has 260 valence electrons. The minimum absolute atomic E-state index is 0.0271. The van der Waals surface area contributed by atoms with Crippen LogP contribution in [0.1, 0.15) is 83.1 Å². The summed E-state index contributed by atoms with van der Waals surface area (Å²) in [4.78, 5) is 36.8. The van der Waals surface area contributed by atoms with Crippen LogP contribution in [-0.2, 0) is 14.8 Å². The summed E-state index contributed by atoms with van der Waals surface area (Å²) in [7, 11) is -4.10. The summed E-state index contributed by atoms with van der Waals surface area (Å²) >= 11 is 0. The first-order valence-corrected chi connectivity index (χ1v) is 18.7. The number of carbonyl (C=O) groups excluding carboxylic acids is 1. The summed E-state index contributed by atoms with van der Waals surface area (Å²) in [5, 5.41) is 23.9. The van der Waals surface area contributed by atoms with Gasteiger partial charge in [0.25, 0.3) is 5.69 Å². The van der Waals surface area contributed by atoms with Crippen molar-refractivity contribution in [3.05, 3.63) is 68.8 Å². The van der Waals surface area contributed by atoms with Crippen molar-refractivity contribution in [2.75, 3.05) is 26.2 Å². The molecule has 0 bridgehead atoms. The zero-order valence-electron chi connectivity index (χ0n) is 27.6. The normalized spacial score (nSPS) is 36.8. The van der Waals surface area contributed by atoms with E-state index in [0.717, 1.165) is 63.4 Å². The number of aliphatic hydroxyl groups is 1. The fraction of sp³-hybridized carbons (Fsp3) is 0.657. The van der Waals surface area contributed by atoms with Gasteiger partial charge in [-0.1, -0.05) is 26.0 Å². The molecule has 12 nitrogen and oxygen atoms in total.